The fourth-order valence-electron chi connectivity index (χ4n) is 7.80. The normalized spacial score (nSPS) is 11.5. The van der Waals surface area contributed by atoms with Gasteiger partial charge >= 0.3 is 0 Å². The van der Waals surface area contributed by atoms with Gasteiger partial charge in [0.25, 0.3) is 0 Å². The molecule has 0 aliphatic rings. The summed E-state index contributed by atoms with van der Waals surface area (Å²) in [5.41, 5.74) is 10.8. The van der Waals surface area contributed by atoms with Crippen LogP contribution in [0.2, 0.25) is 0 Å². The van der Waals surface area contributed by atoms with Crippen LogP contribution in [0.4, 0.5) is 17.1 Å². The van der Waals surface area contributed by atoms with E-state index in [0.29, 0.717) is 0 Å². The van der Waals surface area contributed by atoms with E-state index in [1.54, 1.807) is 0 Å². The van der Waals surface area contributed by atoms with Gasteiger partial charge in [0, 0.05) is 26.5 Å². The molecule has 1 nitrogen and oxygen atoms in total. The van der Waals surface area contributed by atoms with Crippen molar-refractivity contribution in [2.24, 2.45) is 0 Å². The maximum absolute atomic E-state index is 2.47. The lowest BCUT2D eigenvalue weighted by molar-refractivity contribution is 1.32. The molecule has 0 unspecified atom stereocenters. The van der Waals surface area contributed by atoms with Crippen molar-refractivity contribution in [3.8, 4) is 33.4 Å². The fraction of sp³-hybridized carbons (Fsp3) is 0. The zero-order chi connectivity index (χ0) is 34.4. The molecule has 1 aromatic heterocycles. The van der Waals surface area contributed by atoms with Gasteiger partial charge in [-0.1, -0.05) is 158 Å². The Morgan fingerprint density at radius 3 is 1.71 bits per heavy atom. The molecule has 52 heavy (non-hydrogen) atoms. The van der Waals surface area contributed by atoms with Crippen LogP contribution in [-0.4, -0.2) is 0 Å². The Morgan fingerprint density at radius 1 is 0.327 bits per heavy atom. The number of benzene rings is 9. The molecule has 9 aromatic carbocycles. The quantitative estimate of drug-likeness (QED) is 0.169. The highest BCUT2D eigenvalue weighted by molar-refractivity contribution is 7.26. The molecule has 0 atom stereocenters. The lowest BCUT2D eigenvalue weighted by Crippen LogP contribution is -2.10. The number of thiophene rings is 1. The molecule has 10 rings (SSSR count). The van der Waals surface area contributed by atoms with Crippen molar-refractivity contribution >= 4 is 70.1 Å². The largest absolute Gasteiger partial charge is 0.308 e. The van der Waals surface area contributed by atoms with Crippen molar-refractivity contribution in [1.29, 1.82) is 0 Å². The van der Waals surface area contributed by atoms with Gasteiger partial charge in [0.1, 0.15) is 0 Å². The molecule has 0 aliphatic carbocycles. The van der Waals surface area contributed by atoms with Gasteiger partial charge in [0.15, 0.2) is 0 Å². The van der Waals surface area contributed by atoms with Crippen molar-refractivity contribution in [3.63, 3.8) is 0 Å². The standard InChI is InChI=1S/C50H33NS/c1-3-14-35(15-4-1)41-30-31-47(43-21-10-9-20-42(41)43)51(48-24-13-23-45-44-22-11-12-25-49(44)52-50(45)48)39-28-26-34(27-29-39)38-32-37-18-7-8-19-40(37)46(33-38)36-16-5-2-6-17-36/h1-33H. The predicted octanol–water partition coefficient (Wildman–Crippen LogP) is 14.8. The number of fused-ring (bicyclic) bond motifs is 5. The average Bonchev–Trinajstić information content (AvgIpc) is 3.61. The summed E-state index contributed by atoms with van der Waals surface area (Å²) in [4.78, 5) is 2.47. The van der Waals surface area contributed by atoms with E-state index in [9.17, 15) is 0 Å². The van der Waals surface area contributed by atoms with E-state index in [1.807, 2.05) is 11.3 Å². The van der Waals surface area contributed by atoms with Crippen LogP contribution in [-0.2, 0) is 0 Å². The molecule has 1 heterocycles. The third kappa shape index (κ3) is 5.16. The van der Waals surface area contributed by atoms with Crippen molar-refractivity contribution in [2.75, 3.05) is 4.90 Å². The van der Waals surface area contributed by atoms with Crippen LogP contribution >= 0.6 is 11.3 Å². The minimum atomic E-state index is 1.12. The minimum absolute atomic E-state index is 1.12. The highest BCUT2D eigenvalue weighted by atomic mass is 32.1. The summed E-state index contributed by atoms with van der Waals surface area (Å²) in [5, 5.41) is 7.55. The Kier molecular flexibility index (Phi) is 7.41. The van der Waals surface area contributed by atoms with Crippen molar-refractivity contribution < 1.29 is 0 Å². The summed E-state index contributed by atoms with van der Waals surface area (Å²) in [6.07, 6.45) is 0. The molecule has 2 heteroatoms. The molecule has 0 spiro atoms. The van der Waals surface area contributed by atoms with Crippen LogP contribution in [0.15, 0.2) is 200 Å². The molecule has 0 amide bonds. The Hall–Kier alpha value is -6.48. The van der Waals surface area contributed by atoms with Crippen molar-refractivity contribution in [1.82, 2.24) is 0 Å². The summed E-state index contributed by atoms with van der Waals surface area (Å²) < 4.78 is 2.58. The number of hydrogen-bond donors (Lipinski definition) is 0. The molecule has 0 saturated carbocycles. The van der Waals surface area contributed by atoms with Crippen LogP contribution in [0.5, 0.6) is 0 Å². The first-order chi connectivity index (χ1) is 25.8. The zero-order valence-electron chi connectivity index (χ0n) is 28.4. The smallest absolute Gasteiger partial charge is 0.0640 e. The van der Waals surface area contributed by atoms with E-state index in [1.165, 1.54) is 80.8 Å². The first-order valence-electron chi connectivity index (χ1n) is 17.8. The van der Waals surface area contributed by atoms with E-state index in [4.69, 9.17) is 0 Å². The van der Waals surface area contributed by atoms with E-state index in [0.717, 1.165) is 11.4 Å². The summed E-state index contributed by atoms with van der Waals surface area (Å²) in [6, 6.07) is 72.9. The maximum atomic E-state index is 2.47. The Morgan fingerprint density at radius 2 is 0.942 bits per heavy atom. The highest BCUT2D eigenvalue weighted by Crippen LogP contribution is 2.47. The van der Waals surface area contributed by atoms with E-state index >= 15 is 0 Å². The fourth-order valence-corrected chi connectivity index (χ4v) is 9.01. The average molecular weight is 680 g/mol. The topological polar surface area (TPSA) is 3.24 Å². The molecule has 0 N–H and O–H groups in total. The Bertz CT molecular complexity index is 2890. The van der Waals surface area contributed by atoms with E-state index < -0.39 is 0 Å². The predicted molar refractivity (Wildman–Crippen MR) is 225 cm³/mol. The third-order valence-electron chi connectivity index (χ3n) is 10.3. The molecular weight excluding hydrogens is 647 g/mol. The summed E-state index contributed by atoms with van der Waals surface area (Å²) in [6.45, 7) is 0. The first-order valence-corrected chi connectivity index (χ1v) is 18.6. The lowest BCUT2D eigenvalue weighted by atomic mass is 9.93. The Labute approximate surface area is 307 Å². The SMILES string of the molecule is c1ccc(-c2cc(-c3ccc(N(c4ccc(-c5ccccc5)c5ccccc45)c4cccc5c4sc4ccccc45)cc3)cc3ccccc23)cc1. The number of anilines is 3. The Balaban J connectivity index is 1.17. The zero-order valence-corrected chi connectivity index (χ0v) is 29.2. The van der Waals surface area contributed by atoms with Crippen LogP contribution in [0.3, 0.4) is 0 Å². The molecule has 0 radical (unpaired) electrons. The maximum Gasteiger partial charge on any atom is 0.0640 e. The third-order valence-corrected chi connectivity index (χ3v) is 11.5. The van der Waals surface area contributed by atoms with Gasteiger partial charge in [-0.05, 0) is 92.0 Å². The van der Waals surface area contributed by atoms with E-state index in [2.05, 4.69) is 205 Å². The lowest BCUT2D eigenvalue weighted by Gasteiger charge is -2.28. The van der Waals surface area contributed by atoms with Crippen molar-refractivity contribution in [2.45, 2.75) is 0 Å². The van der Waals surface area contributed by atoms with Gasteiger partial charge in [-0.25, -0.2) is 0 Å². The molecule has 0 aliphatic heterocycles. The van der Waals surface area contributed by atoms with Gasteiger partial charge in [0.2, 0.25) is 0 Å². The van der Waals surface area contributed by atoms with Crippen molar-refractivity contribution in [3.05, 3.63) is 200 Å². The second-order valence-corrected chi connectivity index (χ2v) is 14.3. The van der Waals surface area contributed by atoms with Crippen LogP contribution in [0.25, 0.3) is 75.1 Å². The minimum Gasteiger partial charge on any atom is -0.308 e. The number of hydrogen-bond acceptors (Lipinski definition) is 2. The molecule has 0 saturated heterocycles. The van der Waals surface area contributed by atoms with Gasteiger partial charge < -0.3 is 4.90 Å². The van der Waals surface area contributed by atoms with E-state index in [-0.39, 0.29) is 0 Å². The van der Waals surface area contributed by atoms with Crippen LogP contribution in [0, 0.1) is 0 Å². The summed E-state index contributed by atoms with van der Waals surface area (Å²) >= 11 is 1.87. The first kappa shape index (κ1) is 30.4. The highest BCUT2D eigenvalue weighted by Gasteiger charge is 2.21. The van der Waals surface area contributed by atoms with Crippen LogP contribution < -0.4 is 4.90 Å². The molecule has 0 bridgehead atoms. The molecule has 10 aromatic rings. The summed E-state index contributed by atoms with van der Waals surface area (Å²) in [5.74, 6) is 0. The van der Waals surface area contributed by atoms with Crippen LogP contribution in [0.1, 0.15) is 0 Å². The number of nitrogens with zero attached hydrogens (tertiary/aromatic N) is 1. The van der Waals surface area contributed by atoms with Gasteiger partial charge in [-0.3, -0.25) is 0 Å². The molecule has 0 fully saturated rings. The summed E-state index contributed by atoms with van der Waals surface area (Å²) in [7, 11) is 0. The van der Waals surface area contributed by atoms with Gasteiger partial charge in [-0.2, -0.15) is 0 Å². The van der Waals surface area contributed by atoms with Gasteiger partial charge in [0.05, 0.1) is 16.1 Å². The second kappa shape index (κ2) is 12.7. The molecular formula is C50H33NS. The monoisotopic (exact) mass is 679 g/mol. The molecule has 244 valence electrons. The van der Waals surface area contributed by atoms with Gasteiger partial charge in [-0.15, -0.1) is 11.3 Å². The second-order valence-electron chi connectivity index (χ2n) is 13.3. The number of rotatable bonds is 6.